The normalized spacial score (nSPS) is 13.6. The summed E-state index contributed by atoms with van der Waals surface area (Å²) in [5.74, 6) is 0. The maximum absolute atomic E-state index is 11.0. The molecule has 1 unspecified atom stereocenters. The zero-order valence-corrected chi connectivity index (χ0v) is 8.93. The third-order valence-electron chi connectivity index (χ3n) is 1.49. The van der Waals surface area contributed by atoms with Crippen molar-refractivity contribution in [3.8, 4) is 0 Å². The van der Waals surface area contributed by atoms with Crippen LogP contribution in [0.3, 0.4) is 0 Å². The van der Waals surface area contributed by atoms with E-state index in [4.69, 9.17) is 4.55 Å². The van der Waals surface area contributed by atoms with Gasteiger partial charge in [-0.1, -0.05) is 0 Å². The van der Waals surface area contributed by atoms with Crippen molar-refractivity contribution < 1.29 is 17.2 Å². The Morgan fingerprint density at radius 2 is 1.79 bits per heavy atom. The second kappa shape index (κ2) is 4.07. The average Bonchev–Trinajstić information content (AvgIpc) is 2.02. The second-order valence-electron chi connectivity index (χ2n) is 2.65. The molecule has 0 fully saturated rings. The van der Waals surface area contributed by atoms with Gasteiger partial charge in [0.2, 0.25) is 0 Å². The standard InChI is InChI=1S/C7H9NO4S2/c1-14(11,12)7-4-2-6(3-5-7)8-13(9)10/h2-5,8H,1H3,(H,9,10). The van der Waals surface area contributed by atoms with E-state index in [1.165, 1.54) is 24.3 Å². The lowest BCUT2D eigenvalue weighted by Gasteiger charge is -2.02. The SMILES string of the molecule is CS(=O)(=O)c1ccc(NS(=O)O)cc1. The Labute approximate surface area is 84.5 Å². The van der Waals surface area contributed by atoms with Crippen molar-refractivity contribution in [3.05, 3.63) is 24.3 Å². The third kappa shape index (κ3) is 3.09. The Balaban J connectivity index is 2.95. The number of benzene rings is 1. The van der Waals surface area contributed by atoms with Crippen molar-refractivity contribution in [3.63, 3.8) is 0 Å². The highest BCUT2D eigenvalue weighted by atomic mass is 32.2. The van der Waals surface area contributed by atoms with Gasteiger partial charge in [-0.3, -0.25) is 9.27 Å². The Kier molecular flexibility index (Phi) is 3.25. The molecule has 0 aliphatic carbocycles. The molecule has 0 aliphatic rings. The van der Waals surface area contributed by atoms with Gasteiger partial charge in [-0.05, 0) is 24.3 Å². The van der Waals surface area contributed by atoms with Crippen LogP contribution in [0.5, 0.6) is 0 Å². The molecule has 2 N–H and O–H groups in total. The van der Waals surface area contributed by atoms with Gasteiger partial charge in [-0.25, -0.2) is 12.6 Å². The van der Waals surface area contributed by atoms with Crippen LogP contribution in [0, 0.1) is 0 Å². The fraction of sp³-hybridized carbons (Fsp3) is 0.143. The van der Waals surface area contributed by atoms with E-state index in [-0.39, 0.29) is 4.90 Å². The Morgan fingerprint density at radius 3 is 2.14 bits per heavy atom. The highest BCUT2D eigenvalue weighted by Gasteiger charge is 2.06. The Morgan fingerprint density at radius 1 is 1.29 bits per heavy atom. The van der Waals surface area contributed by atoms with Gasteiger partial charge in [-0.2, -0.15) is 0 Å². The van der Waals surface area contributed by atoms with Crippen molar-refractivity contribution in [1.82, 2.24) is 0 Å². The molecule has 0 radical (unpaired) electrons. The van der Waals surface area contributed by atoms with Gasteiger partial charge in [0.15, 0.2) is 9.84 Å². The summed E-state index contributed by atoms with van der Waals surface area (Å²) in [6.45, 7) is 0. The first-order valence-corrected chi connectivity index (χ1v) is 6.57. The molecule has 1 aromatic carbocycles. The molecule has 1 rings (SSSR count). The van der Waals surface area contributed by atoms with E-state index in [2.05, 4.69) is 4.72 Å². The molecule has 5 nitrogen and oxygen atoms in total. The number of sulfone groups is 1. The van der Waals surface area contributed by atoms with Gasteiger partial charge >= 0.3 is 0 Å². The van der Waals surface area contributed by atoms with E-state index in [0.29, 0.717) is 5.69 Å². The van der Waals surface area contributed by atoms with Crippen molar-refractivity contribution >= 4 is 26.8 Å². The van der Waals surface area contributed by atoms with E-state index in [0.717, 1.165) is 6.26 Å². The highest BCUT2D eigenvalue weighted by molar-refractivity contribution is 7.90. The predicted molar refractivity (Wildman–Crippen MR) is 53.9 cm³/mol. The van der Waals surface area contributed by atoms with E-state index >= 15 is 0 Å². The minimum Gasteiger partial charge on any atom is -0.289 e. The highest BCUT2D eigenvalue weighted by Crippen LogP contribution is 2.13. The summed E-state index contributed by atoms with van der Waals surface area (Å²) in [6, 6.07) is 5.57. The molecule has 0 spiro atoms. The van der Waals surface area contributed by atoms with Crippen LogP contribution in [0.15, 0.2) is 29.2 Å². The quantitative estimate of drug-likeness (QED) is 0.753. The monoisotopic (exact) mass is 235 g/mol. The minimum absolute atomic E-state index is 0.173. The molecule has 7 heteroatoms. The smallest absolute Gasteiger partial charge is 0.259 e. The molecule has 0 saturated carbocycles. The molecule has 0 heterocycles. The summed E-state index contributed by atoms with van der Waals surface area (Å²) < 4.78 is 43.1. The van der Waals surface area contributed by atoms with Gasteiger partial charge in [0.1, 0.15) is 0 Å². The molecular formula is C7H9NO4S2. The lowest BCUT2D eigenvalue weighted by atomic mass is 10.3. The van der Waals surface area contributed by atoms with Crippen LogP contribution < -0.4 is 4.72 Å². The lowest BCUT2D eigenvalue weighted by molar-refractivity contribution is 0.570. The number of anilines is 1. The molecular weight excluding hydrogens is 226 g/mol. The van der Waals surface area contributed by atoms with Crippen LogP contribution in [-0.4, -0.2) is 23.4 Å². The summed E-state index contributed by atoms with van der Waals surface area (Å²) in [7, 11) is -3.21. The molecule has 0 amide bonds. The first-order valence-electron chi connectivity index (χ1n) is 3.57. The van der Waals surface area contributed by atoms with Crippen molar-refractivity contribution in [2.75, 3.05) is 11.0 Å². The lowest BCUT2D eigenvalue weighted by Crippen LogP contribution is -2.02. The molecule has 1 atom stereocenters. The van der Waals surface area contributed by atoms with Gasteiger partial charge in [-0.15, -0.1) is 0 Å². The first kappa shape index (κ1) is 11.2. The van der Waals surface area contributed by atoms with E-state index in [9.17, 15) is 12.6 Å². The largest absolute Gasteiger partial charge is 0.289 e. The molecule has 0 bridgehead atoms. The Hall–Kier alpha value is -0.920. The first-order chi connectivity index (χ1) is 6.39. The maximum atomic E-state index is 11.0. The summed E-state index contributed by atoms with van der Waals surface area (Å²) >= 11 is -2.14. The number of hydrogen-bond acceptors (Lipinski definition) is 3. The molecule has 1 aromatic rings. The second-order valence-corrected chi connectivity index (χ2v) is 5.37. The van der Waals surface area contributed by atoms with E-state index < -0.39 is 21.1 Å². The van der Waals surface area contributed by atoms with Gasteiger partial charge in [0.05, 0.1) is 4.90 Å². The summed E-state index contributed by atoms with van der Waals surface area (Å²) in [5, 5.41) is 0. The molecule has 78 valence electrons. The predicted octanol–water partition coefficient (Wildman–Crippen LogP) is 0.639. The molecule has 0 aliphatic heterocycles. The maximum Gasteiger partial charge on any atom is 0.259 e. The Bertz CT molecular complexity index is 437. The number of nitrogens with one attached hydrogen (secondary N) is 1. The summed E-state index contributed by atoms with van der Waals surface area (Å²) in [4.78, 5) is 0.173. The van der Waals surface area contributed by atoms with Gasteiger partial charge in [0.25, 0.3) is 11.3 Å². The fourth-order valence-electron chi connectivity index (χ4n) is 0.871. The molecule has 0 aromatic heterocycles. The zero-order valence-electron chi connectivity index (χ0n) is 7.30. The number of rotatable bonds is 3. The third-order valence-corrected chi connectivity index (χ3v) is 3.03. The van der Waals surface area contributed by atoms with Gasteiger partial charge in [0, 0.05) is 11.9 Å². The van der Waals surface area contributed by atoms with Crippen LogP contribution in [0.2, 0.25) is 0 Å². The fourth-order valence-corrected chi connectivity index (χ4v) is 1.84. The van der Waals surface area contributed by atoms with Crippen LogP contribution in [0.1, 0.15) is 0 Å². The summed E-state index contributed by atoms with van der Waals surface area (Å²) in [5.41, 5.74) is 0.387. The zero-order chi connectivity index (χ0) is 10.8. The van der Waals surface area contributed by atoms with E-state index in [1.54, 1.807) is 0 Å². The average molecular weight is 235 g/mol. The van der Waals surface area contributed by atoms with Crippen molar-refractivity contribution in [1.29, 1.82) is 0 Å². The van der Waals surface area contributed by atoms with E-state index in [1.807, 2.05) is 0 Å². The summed E-state index contributed by atoms with van der Waals surface area (Å²) in [6.07, 6.45) is 1.10. The molecule has 14 heavy (non-hydrogen) atoms. The van der Waals surface area contributed by atoms with Crippen LogP contribution >= 0.6 is 0 Å². The minimum atomic E-state index is -3.21. The van der Waals surface area contributed by atoms with Crippen molar-refractivity contribution in [2.24, 2.45) is 0 Å². The molecule has 0 saturated heterocycles. The van der Waals surface area contributed by atoms with Crippen LogP contribution in [0.25, 0.3) is 0 Å². The van der Waals surface area contributed by atoms with Gasteiger partial charge < -0.3 is 0 Å². The number of hydrogen-bond donors (Lipinski definition) is 2. The van der Waals surface area contributed by atoms with Crippen LogP contribution in [0.4, 0.5) is 5.69 Å². The van der Waals surface area contributed by atoms with Crippen molar-refractivity contribution in [2.45, 2.75) is 4.90 Å². The topological polar surface area (TPSA) is 83.5 Å². The van der Waals surface area contributed by atoms with Crippen LogP contribution in [-0.2, 0) is 21.1 Å².